The number of H-pyrrole nitrogens is 1. The lowest BCUT2D eigenvalue weighted by molar-refractivity contribution is 0.861. The van der Waals surface area contributed by atoms with Crippen LogP contribution in [0.5, 0.6) is 0 Å². The number of benzene rings is 1. The highest BCUT2D eigenvalue weighted by Crippen LogP contribution is 2.24. The van der Waals surface area contributed by atoms with Crippen LogP contribution in [0, 0.1) is 6.92 Å². The third-order valence-corrected chi connectivity index (χ3v) is 3.91. The van der Waals surface area contributed by atoms with Gasteiger partial charge in [0.05, 0.1) is 5.69 Å². The Hall–Kier alpha value is -1.13. The van der Waals surface area contributed by atoms with E-state index >= 15 is 0 Å². The van der Waals surface area contributed by atoms with Gasteiger partial charge < -0.3 is 4.98 Å². The van der Waals surface area contributed by atoms with Crippen molar-refractivity contribution in [1.29, 1.82) is 0 Å². The molecule has 1 heterocycles. The summed E-state index contributed by atoms with van der Waals surface area (Å²) in [6.45, 7) is 4.01. The van der Waals surface area contributed by atoms with Gasteiger partial charge in [0.2, 0.25) is 0 Å². The van der Waals surface area contributed by atoms with E-state index < -0.39 is 0 Å². The van der Waals surface area contributed by atoms with Crippen molar-refractivity contribution in [3.8, 4) is 11.4 Å². The molecule has 19 heavy (non-hydrogen) atoms. The van der Waals surface area contributed by atoms with Crippen molar-refractivity contribution in [3.63, 3.8) is 0 Å². The van der Waals surface area contributed by atoms with Crippen molar-refractivity contribution < 1.29 is 0 Å². The molecule has 5 heteroatoms. The Morgan fingerprint density at radius 3 is 2.79 bits per heavy atom. The van der Waals surface area contributed by atoms with Gasteiger partial charge in [-0.05, 0) is 53.0 Å². The van der Waals surface area contributed by atoms with Gasteiger partial charge in [-0.2, -0.15) is 0 Å². The molecule has 2 rings (SSSR count). The third-order valence-electron chi connectivity index (χ3n) is 2.86. The molecule has 0 radical (unpaired) electrons. The molecule has 0 spiro atoms. The van der Waals surface area contributed by atoms with Crippen LogP contribution in [0.4, 0.5) is 0 Å². The predicted octanol–water partition coefficient (Wildman–Crippen LogP) is 4.11. The van der Waals surface area contributed by atoms with E-state index in [9.17, 15) is 4.79 Å². The smallest absolute Gasteiger partial charge is 0.265 e. The van der Waals surface area contributed by atoms with Crippen LogP contribution >= 0.6 is 27.5 Å². The van der Waals surface area contributed by atoms with Gasteiger partial charge >= 0.3 is 0 Å². The zero-order chi connectivity index (χ0) is 14.0. The van der Waals surface area contributed by atoms with Crippen LogP contribution in [-0.2, 0) is 6.42 Å². The number of rotatable bonds is 3. The van der Waals surface area contributed by atoms with Gasteiger partial charge in [0, 0.05) is 10.6 Å². The summed E-state index contributed by atoms with van der Waals surface area (Å²) in [7, 11) is 0. The van der Waals surface area contributed by atoms with Crippen molar-refractivity contribution >= 4 is 27.5 Å². The first-order valence-electron chi connectivity index (χ1n) is 6.08. The number of aromatic nitrogens is 2. The fraction of sp³-hybridized carbons (Fsp3) is 0.286. The fourth-order valence-electron chi connectivity index (χ4n) is 1.93. The largest absolute Gasteiger partial charge is 0.306 e. The average molecular weight is 342 g/mol. The van der Waals surface area contributed by atoms with Gasteiger partial charge in [-0.1, -0.05) is 24.9 Å². The molecule has 3 nitrogen and oxygen atoms in total. The number of nitrogens with zero attached hydrogens (tertiary/aromatic N) is 1. The Morgan fingerprint density at radius 2 is 2.16 bits per heavy atom. The topological polar surface area (TPSA) is 45.8 Å². The molecule has 1 N–H and O–H groups in total. The zero-order valence-corrected chi connectivity index (χ0v) is 13.1. The maximum Gasteiger partial charge on any atom is 0.265 e. The van der Waals surface area contributed by atoms with E-state index in [2.05, 4.69) is 32.8 Å². The summed E-state index contributed by atoms with van der Waals surface area (Å²) >= 11 is 9.23. The van der Waals surface area contributed by atoms with Crippen LogP contribution < -0.4 is 5.56 Å². The Morgan fingerprint density at radius 1 is 1.42 bits per heavy atom. The molecule has 1 aromatic heterocycles. The molecule has 100 valence electrons. The first-order chi connectivity index (χ1) is 9.02. The monoisotopic (exact) mass is 340 g/mol. The zero-order valence-electron chi connectivity index (χ0n) is 10.8. The lowest BCUT2D eigenvalue weighted by Gasteiger charge is -2.08. The summed E-state index contributed by atoms with van der Waals surface area (Å²) in [6.07, 6.45) is 1.71. The Kier molecular flexibility index (Phi) is 4.42. The maximum atomic E-state index is 11.9. The Labute approximate surface area is 125 Å². The minimum atomic E-state index is -0.150. The van der Waals surface area contributed by atoms with Crippen LogP contribution in [0.25, 0.3) is 11.4 Å². The summed E-state index contributed by atoms with van der Waals surface area (Å²) in [5.74, 6) is 0.589. The molecule has 0 aliphatic heterocycles. The Balaban J connectivity index is 2.59. The number of hydrogen-bond donors (Lipinski definition) is 1. The highest BCUT2D eigenvalue weighted by atomic mass is 79.9. The van der Waals surface area contributed by atoms with Crippen molar-refractivity contribution in [2.45, 2.75) is 26.7 Å². The van der Waals surface area contributed by atoms with Crippen molar-refractivity contribution in [2.24, 2.45) is 0 Å². The van der Waals surface area contributed by atoms with E-state index in [4.69, 9.17) is 11.6 Å². The van der Waals surface area contributed by atoms with Gasteiger partial charge in [-0.15, -0.1) is 0 Å². The molecule has 0 saturated carbocycles. The van der Waals surface area contributed by atoms with Gasteiger partial charge in [-0.3, -0.25) is 4.79 Å². The average Bonchev–Trinajstić information content (AvgIpc) is 2.35. The van der Waals surface area contributed by atoms with E-state index in [1.54, 1.807) is 6.07 Å². The first-order valence-corrected chi connectivity index (χ1v) is 7.25. The summed E-state index contributed by atoms with van der Waals surface area (Å²) in [4.78, 5) is 19.3. The summed E-state index contributed by atoms with van der Waals surface area (Å²) in [5.41, 5.74) is 2.52. The van der Waals surface area contributed by atoms with Crippen LogP contribution in [0.2, 0.25) is 5.02 Å². The van der Waals surface area contributed by atoms with Crippen LogP contribution in [0.3, 0.4) is 0 Å². The van der Waals surface area contributed by atoms with Gasteiger partial charge in [0.15, 0.2) is 0 Å². The highest BCUT2D eigenvalue weighted by molar-refractivity contribution is 9.10. The quantitative estimate of drug-likeness (QED) is 0.913. The second-order valence-corrected chi connectivity index (χ2v) is 5.61. The van der Waals surface area contributed by atoms with Gasteiger partial charge in [0.25, 0.3) is 5.56 Å². The molecule has 2 aromatic rings. The number of halogens is 2. The second kappa shape index (κ2) is 5.88. The van der Waals surface area contributed by atoms with E-state index in [1.807, 2.05) is 19.1 Å². The summed E-state index contributed by atoms with van der Waals surface area (Å²) in [5, 5.41) is 0.675. The van der Waals surface area contributed by atoms with Crippen LogP contribution in [0.15, 0.2) is 27.5 Å². The highest BCUT2D eigenvalue weighted by Gasteiger charge is 2.11. The van der Waals surface area contributed by atoms with Crippen LogP contribution in [-0.4, -0.2) is 9.97 Å². The molecule has 0 amide bonds. The van der Waals surface area contributed by atoms with Gasteiger partial charge in [0.1, 0.15) is 10.3 Å². The molecule has 0 aliphatic carbocycles. The van der Waals surface area contributed by atoms with E-state index in [0.717, 1.165) is 29.7 Å². The standard InChI is InChI=1S/C14H14BrClN2O/c1-3-4-11-12(15)14(19)18-13(17-11)10-6-5-9(16)7-8(10)2/h5-7H,3-4H2,1-2H3,(H,17,18,19). The molecule has 0 fully saturated rings. The van der Waals surface area contributed by atoms with Crippen molar-refractivity contribution in [3.05, 3.63) is 49.3 Å². The van der Waals surface area contributed by atoms with E-state index in [1.165, 1.54) is 0 Å². The van der Waals surface area contributed by atoms with Crippen LogP contribution in [0.1, 0.15) is 24.6 Å². The number of aryl methyl sites for hydroxylation is 2. The van der Waals surface area contributed by atoms with E-state index in [0.29, 0.717) is 15.3 Å². The summed E-state index contributed by atoms with van der Waals surface area (Å²) in [6, 6.07) is 5.53. The molecule has 0 aliphatic rings. The SMILES string of the molecule is CCCc1nc(-c2ccc(Cl)cc2C)[nH]c(=O)c1Br. The lowest BCUT2D eigenvalue weighted by atomic mass is 10.1. The minimum Gasteiger partial charge on any atom is -0.306 e. The molecule has 0 saturated heterocycles. The molecule has 1 aromatic carbocycles. The van der Waals surface area contributed by atoms with E-state index in [-0.39, 0.29) is 5.56 Å². The second-order valence-electron chi connectivity index (χ2n) is 4.38. The maximum absolute atomic E-state index is 11.9. The lowest BCUT2D eigenvalue weighted by Crippen LogP contribution is -2.14. The molecule has 0 atom stereocenters. The number of hydrogen-bond acceptors (Lipinski definition) is 2. The molecule has 0 bridgehead atoms. The fourth-order valence-corrected chi connectivity index (χ4v) is 2.54. The predicted molar refractivity (Wildman–Crippen MR) is 81.7 cm³/mol. The van der Waals surface area contributed by atoms with Gasteiger partial charge in [-0.25, -0.2) is 4.98 Å². The Bertz CT molecular complexity index is 667. The molecule has 0 unspecified atom stereocenters. The number of aromatic amines is 1. The number of nitrogens with one attached hydrogen (secondary N) is 1. The van der Waals surface area contributed by atoms with Crippen molar-refractivity contribution in [2.75, 3.05) is 0 Å². The minimum absolute atomic E-state index is 0.150. The summed E-state index contributed by atoms with van der Waals surface area (Å²) < 4.78 is 0.518. The third kappa shape index (κ3) is 3.07. The van der Waals surface area contributed by atoms with Crippen molar-refractivity contribution in [1.82, 2.24) is 9.97 Å². The normalized spacial score (nSPS) is 10.7. The molecular weight excluding hydrogens is 328 g/mol. The first kappa shape index (κ1) is 14.3. The molecular formula is C14H14BrClN2O.